The molecule has 9 heteroatoms. The van der Waals surface area contributed by atoms with E-state index in [4.69, 9.17) is 0 Å². The summed E-state index contributed by atoms with van der Waals surface area (Å²) in [5.74, 6) is 0.677. The van der Waals surface area contributed by atoms with Crippen LogP contribution in [0.1, 0.15) is 36.0 Å². The molecule has 0 unspecified atom stereocenters. The van der Waals surface area contributed by atoms with Crippen molar-refractivity contribution in [3.63, 3.8) is 0 Å². The zero-order chi connectivity index (χ0) is 18.2. The van der Waals surface area contributed by atoms with Gasteiger partial charge in [-0.2, -0.15) is 22.1 Å². The van der Waals surface area contributed by atoms with Crippen molar-refractivity contribution in [3.8, 4) is 11.4 Å². The van der Waals surface area contributed by atoms with E-state index in [1.807, 2.05) is 26.0 Å². The molecule has 2 aromatic heterocycles. The highest BCUT2D eigenvalue weighted by molar-refractivity contribution is 7.86. The van der Waals surface area contributed by atoms with E-state index in [0.29, 0.717) is 18.9 Å². The highest BCUT2D eigenvalue weighted by Gasteiger charge is 2.32. The lowest BCUT2D eigenvalue weighted by molar-refractivity contribution is 0.293. The number of hydrogen-bond donors (Lipinski definition) is 1. The zero-order valence-corrected chi connectivity index (χ0v) is 15.8. The monoisotopic (exact) mass is 364 g/mol. The van der Waals surface area contributed by atoms with E-state index < -0.39 is 10.2 Å². The Hall–Kier alpha value is -1.84. The molecule has 0 spiro atoms. The van der Waals surface area contributed by atoms with Gasteiger partial charge in [-0.05, 0) is 38.8 Å². The Labute approximate surface area is 148 Å². The standard InChI is InChI=1S/C16H24N6O2S/c1-11-8-14(15-9-12(2)19-20-15)18-16(17-11)13-6-5-7-22(10-13)25(23,24)21(3)4/h8-9,13H,5-7,10H2,1-4H3,(H,19,20)/t13-/m0/s1. The van der Waals surface area contributed by atoms with Crippen LogP contribution in [0, 0.1) is 13.8 Å². The second kappa shape index (κ2) is 6.81. The molecule has 2 aromatic rings. The normalized spacial score (nSPS) is 19.5. The van der Waals surface area contributed by atoms with E-state index >= 15 is 0 Å². The molecule has 1 fully saturated rings. The van der Waals surface area contributed by atoms with Gasteiger partial charge in [-0.1, -0.05) is 0 Å². The summed E-state index contributed by atoms with van der Waals surface area (Å²) >= 11 is 0. The molecule has 0 radical (unpaired) electrons. The quantitative estimate of drug-likeness (QED) is 0.886. The number of aryl methyl sites for hydroxylation is 2. The van der Waals surface area contributed by atoms with Crippen LogP contribution in [-0.2, 0) is 10.2 Å². The third-order valence-corrected chi connectivity index (χ3v) is 6.28. The van der Waals surface area contributed by atoms with Crippen LogP contribution in [0.15, 0.2) is 12.1 Å². The van der Waals surface area contributed by atoms with Gasteiger partial charge in [0.2, 0.25) is 0 Å². The van der Waals surface area contributed by atoms with Gasteiger partial charge in [-0.15, -0.1) is 0 Å². The maximum absolute atomic E-state index is 12.4. The third-order valence-electron chi connectivity index (χ3n) is 4.38. The van der Waals surface area contributed by atoms with E-state index in [1.165, 1.54) is 8.61 Å². The minimum atomic E-state index is -3.42. The lowest BCUT2D eigenvalue weighted by Gasteiger charge is -2.32. The molecule has 1 saturated heterocycles. The first kappa shape index (κ1) is 18.0. The lowest BCUT2D eigenvalue weighted by Crippen LogP contribution is -2.45. The first-order valence-corrected chi connectivity index (χ1v) is 9.72. The zero-order valence-electron chi connectivity index (χ0n) is 15.0. The Morgan fingerprint density at radius 2 is 1.96 bits per heavy atom. The molecule has 3 rings (SSSR count). The van der Waals surface area contributed by atoms with Gasteiger partial charge >= 0.3 is 0 Å². The Kier molecular flexibility index (Phi) is 4.90. The van der Waals surface area contributed by atoms with E-state index in [2.05, 4.69) is 20.2 Å². The largest absolute Gasteiger partial charge is 0.282 e. The Bertz CT molecular complexity index is 861. The number of aromatic amines is 1. The number of nitrogens with one attached hydrogen (secondary N) is 1. The fraction of sp³-hybridized carbons (Fsp3) is 0.562. The molecule has 1 aliphatic rings. The molecule has 0 saturated carbocycles. The molecule has 8 nitrogen and oxygen atoms in total. The van der Waals surface area contributed by atoms with Crippen molar-refractivity contribution in [2.75, 3.05) is 27.2 Å². The van der Waals surface area contributed by atoms with Crippen molar-refractivity contribution < 1.29 is 8.42 Å². The van der Waals surface area contributed by atoms with Gasteiger partial charge in [-0.25, -0.2) is 9.97 Å². The maximum Gasteiger partial charge on any atom is 0.281 e. The molecule has 25 heavy (non-hydrogen) atoms. The van der Waals surface area contributed by atoms with Crippen LogP contribution in [0.2, 0.25) is 0 Å². The van der Waals surface area contributed by atoms with Crippen LogP contribution in [0.5, 0.6) is 0 Å². The van der Waals surface area contributed by atoms with E-state index in [9.17, 15) is 8.42 Å². The van der Waals surface area contributed by atoms with Crippen molar-refractivity contribution in [1.82, 2.24) is 28.8 Å². The van der Waals surface area contributed by atoms with Crippen molar-refractivity contribution in [2.45, 2.75) is 32.6 Å². The number of aromatic nitrogens is 4. The summed E-state index contributed by atoms with van der Waals surface area (Å²) in [5, 5.41) is 7.18. The lowest BCUT2D eigenvalue weighted by atomic mass is 9.98. The second-order valence-electron chi connectivity index (χ2n) is 6.68. The van der Waals surface area contributed by atoms with Crippen molar-refractivity contribution in [2.24, 2.45) is 0 Å². The summed E-state index contributed by atoms with van der Waals surface area (Å²) < 4.78 is 27.6. The Morgan fingerprint density at radius 3 is 2.60 bits per heavy atom. The van der Waals surface area contributed by atoms with Gasteiger partial charge in [-0.3, -0.25) is 5.10 Å². The third kappa shape index (κ3) is 3.73. The SMILES string of the molecule is Cc1cc(-c2cc(C)[nH]n2)nc([C@H]2CCCN(S(=O)(=O)N(C)C)C2)n1. The summed E-state index contributed by atoms with van der Waals surface area (Å²) in [6, 6.07) is 3.84. The summed E-state index contributed by atoms with van der Waals surface area (Å²) in [7, 11) is -0.305. The highest BCUT2D eigenvalue weighted by Crippen LogP contribution is 2.28. The predicted octanol–water partition coefficient (Wildman–Crippen LogP) is 1.47. The molecular weight excluding hydrogens is 340 g/mol. The van der Waals surface area contributed by atoms with Crippen LogP contribution in [0.25, 0.3) is 11.4 Å². The van der Waals surface area contributed by atoms with Gasteiger partial charge in [0, 0.05) is 44.5 Å². The fourth-order valence-corrected chi connectivity index (χ4v) is 4.24. The smallest absolute Gasteiger partial charge is 0.281 e. The molecule has 0 bridgehead atoms. The fourth-order valence-electron chi connectivity index (χ4n) is 3.05. The van der Waals surface area contributed by atoms with Crippen LogP contribution < -0.4 is 0 Å². The summed E-state index contributed by atoms with van der Waals surface area (Å²) in [6.45, 7) is 4.80. The molecule has 1 aliphatic heterocycles. The summed E-state index contributed by atoms with van der Waals surface area (Å²) in [6.07, 6.45) is 1.67. The maximum atomic E-state index is 12.4. The van der Waals surface area contributed by atoms with Crippen LogP contribution in [0.4, 0.5) is 0 Å². The Balaban J connectivity index is 1.90. The number of piperidine rings is 1. The first-order chi connectivity index (χ1) is 11.8. The number of H-pyrrole nitrogens is 1. The van der Waals surface area contributed by atoms with Crippen LogP contribution >= 0.6 is 0 Å². The van der Waals surface area contributed by atoms with Gasteiger partial charge in [0.15, 0.2) is 0 Å². The minimum Gasteiger partial charge on any atom is -0.282 e. The minimum absolute atomic E-state index is 0.0119. The first-order valence-electron chi connectivity index (χ1n) is 8.33. The van der Waals surface area contributed by atoms with Crippen molar-refractivity contribution in [1.29, 1.82) is 0 Å². The van der Waals surface area contributed by atoms with Crippen LogP contribution in [-0.4, -0.2) is 64.4 Å². The van der Waals surface area contributed by atoms with Crippen LogP contribution in [0.3, 0.4) is 0 Å². The van der Waals surface area contributed by atoms with E-state index in [1.54, 1.807) is 14.1 Å². The molecule has 0 amide bonds. The van der Waals surface area contributed by atoms with Crippen molar-refractivity contribution in [3.05, 3.63) is 29.3 Å². The number of rotatable bonds is 4. The summed E-state index contributed by atoms with van der Waals surface area (Å²) in [5.41, 5.74) is 3.36. The van der Waals surface area contributed by atoms with Gasteiger partial charge in [0.1, 0.15) is 11.5 Å². The molecule has 0 aromatic carbocycles. The van der Waals surface area contributed by atoms with E-state index in [0.717, 1.165) is 35.6 Å². The molecule has 1 atom stereocenters. The van der Waals surface area contributed by atoms with E-state index in [-0.39, 0.29) is 5.92 Å². The molecule has 1 N–H and O–H groups in total. The second-order valence-corrected chi connectivity index (χ2v) is 8.82. The topological polar surface area (TPSA) is 95.1 Å². The summed E-state index contributed by atoms with van der Waals surface area (Å²) in [4.78, 5) is 9.24. The molecule has 136 valence electrons. The average Bonchev–Trinajstić information content (AvgIpc) is 3.01. The van der Waals surface area contributed by atoms with Gasteiger partial charge < -0.3 is 0 Å². The molecule has 0 aliphatic carbocycles. The molecular formula is C16H24N6O2S. The number of hydrogen-bond acceptors (Lipinski definition) is 5. The average molecular weight is 364 g/mol. The van der Waals surface area contributed by atoms with Crippen molar-refractivity contribution >= 4 is 10.2 Å². The van der Waals surface area contributed by atoms with Gasteiger partial charge in [0.05, 0.1) is 5.69 Å². The highest BCUT2D eigenvalue weighted by atomic mass is 32.2. The predicted molar refractivity (Wildman–Crippen MR) is 95.2 cm³/mol. The van der Waals surface area contributed by atoms with Gasteiger partial charge in [0.25, 0.3) is 10.2 Å². The molecule has 3 heterocycles. The Morgan fingerprint density at radius 1 is 1.20 bits per heavy atom. The number of nitrogens with zero attached hydrogens (tertiary/aromatic N) is 5.